The number of ether oxygens (including phenoxy) is 4. The van der Waals surface area contributed by atoms with E-state index >= 15 is 0 Å². The Balaban J connectivity index is 1.82. The highest BCUT2D eigenvalue weighted by Gasteiger charge is 2.33. The molecule has 0 saturated carbocycles. The first-order valence-corrected chi connectivity index (χ1v) is 7.53. The fourth-order valence-corrected chi connectivity index (χ4v) is 2.39. The van der Waals surface area contributed by atoms with Crippen molar-refractivity contribution in [1.29, 1.82) is 0 Å². The second-order valence-corrected chi connectivity index (χ2v) is 6.13. The summed E-state index contributed by atoms with van der Waals surface area (Å²) in [5, 5.41) is 0. The van der Waals surface area contributed by atoms with Crippen LogP contribution in [0.5, 0.6) is 5.75 Å². The van der Waals surface area contributed by atoms with E-state index in [9.17, 15) is 0 Å². The van der Waals surface area contributed by atoms with Gasteiger partial charge in [-0.25, -0.2) is 0 Å². The summed E-state index contributed by atoms with van der Waals surface area (Å²) in [6.07, 6.45) is 0.771. The highest BCUT2D eigenvalue weighted by Crippen LogP contribution is 2.24. The molecule has 1 heterocycles. The van der Waals surface area contributed by atoms with E-state index in [2.05, 4.69) is 22.9 Å². The molecule has 1 aliphatic heterocycles. The second kappa shape index (κ2) is 7.41. The quantitative estimate of drug-likeness (QED) is 0.794. The summed E-state index contributed by atoms with van der Waals surface area (Å²) < 4.78 is 23.6. The van der Waals surface area contributed by atoms with E-state index in [4.69, 9.17) is 18.9 Å². The predicted molar refractivity (Wildman–Crippen MR) is 80.2 cm³/mol. The Morgan fingerprint density at radius 3 is 2.80 bits per heavy atom. The smallest absolute Gasteiger partial charge is 0.119 e. The molecule has 2 rings (SSSR count). The molecule has 5 heteroatoms. The molecular weight excluding hydrogens is 324 g/mol. The molecule has 0 radical (unpaired) electrons. The predicted octanol–water partition coefficient (Wildman–Crippen LogP) is 3.04. The van der Waals surface area contributed by atoms with Crippen molar-refractivity contribution in [2.24, 2.45) is 0 Å². The Bertz CT molecular complexity index is 409. The molecule has 4 nitrogen and oxygen atoms in total. The average molecular weight is 345 g/mol. The molecule has 0 N–H and O–H groups in total. The largest absolute Gasteiger partial charge is 0.491 e. The van der Waals surface area contributed by atoms with Gasteiger partial charge in [0.2, 0.25) is 0 Å². The zero-order chi connectivity index (χ0) is 14.4. The van der Waals surface area contributed by atoms with Crippen molar-refractivity contribution in [3.63, 3.8) is 0 Å². The van der Waals surface area contributed by atoms with Crippen LogP contribution in [0.4, 0.5) is 0 Å². The van der Waals surface area contributed by atoms with Gasteiger partial charge in [-0.05, 0) is 31.2 Å². The third-order valence-corrected chi connectivity index (χ3v) is 3.78. The summed E-state index contributed by atoms with van der Waals surface area (Å²) in [6.45, 7) is 4.38. The Morgan fingerprint density at radius 2 is 2.10 bits per heavy atom. The second-order valence-electron chi connectivity index (χ2n) is 5.21. The Hall–Kier alpha value is -0.620. The third kappa shape index (κ3) is 4.74. The average Bonchev–Trinajstić information content (AvgIpc) is 2.45. The molecular formula is C15H21BrO4. The van der Waals surface area contributed by atoms with Gasteiger partial charge >= 0.3 is 0 Å². The van der Waals surface area contributed by atoms with E-state index < -0.39 is 0 Å². The van der Waals surface area contributed by atoms with Crippen molar-refractivity contribution >= 4 is 15.9 Å². The van der Waals surface area contributed by atoms with Crippen LogP contribution in [-0.2, 0) is 14.2 Å². The summed E-state index contributed by atoms with van der Waals surface area (Å²) in [5.41, 5.74) is -0.290. The fourth-order valence-electron chi connectivity index (χ4n) is 2.13. The fraction of sp³-hybridized carbons (Fsp3) is 0.600. The van der Waals surface area contributed by atoms with E-state index in [-0.39, 0.29) is 11.7 Å². The molecule has 1 unspecified atom stereocenters. The van der Waals surface area contributed by atoms with Crippen LogP contribution in [0.3, 0.4) is 0 Å². The summed E-state index contributed by atoms with van der Waals surface area (Å²) in [7, 11) is 1.70. The summed E-state index contributed by atoms with van der Waals surface area (Å²) in [5.74, 6) is 0.834. The van der Waals surface area contributed by atoms with Crippen LogP contribution in [0.15, 0.2) is 28.7 Å². The highest BCUT2D eigenvalue weighted by molar-refractivity contribution is 9.10. The molecule has 2 atom stereocenters. The Kier molecular flexibility index (Phi) is 5.84. The van der Waals surface area contributed by atoms with E-state index in [1.807, 2.05) is 24.3 Å². The lowest BCUT2D eigenvalue weighted by Crippen LogP contribution is -2.48. The van der Waals surface area contributed by atoms with E-state index in [0.717, 1.165) is 16.6 Å². The summed E-state index contributed by atoms with van der Waals surface area (Å²) >= 11 is 3.40. The van der Waals surface area contributed by atoms with Crippen molar-refractivity contribution in [3.8, 4) is 5.75 Å². The zero-order valence-corrected chi connectivity index (χ0v) is 13.5. The van der Waals surface area contributed by atoms with Crippen LogP contribution in [0.2, 0.25) is 0 Å². The standard InChI is InChI=1S/C15H21BrO4/c1-15(7-8-17-2)11-18-9-14(20-15)10-19-13-5-3-12(16)4-6-13/h3-6,14H,7-11H2,1-2H3/t14?,15-/m0/s1. The van der Waals surface area contributed by atoms with Crippen molar-refractivity contribution in [2.45, 2.75) is 25.0 Å². The summed E-state index contributed by atoms with van der Waals surface area (Å²) in [6, 6.07) is 7.77. The first-order valence-electron chi connectivity index (χ1n) is 6.74. The highest BCUT2D eigenvalue weighted by atomic mass is 79.9. The summed E-state index contributed by atoms with van der Waals surface area (Å²) in [4.78, 5) is 0. The number of methoxy groups -OCH3 is 1. The Labute approximate surface area is 128 Å². The molecule has 1 aromatic carbocycles. The normalized spacial score (nSPS) is 26.4. The third-order valence-electron chi connectivity index (χ3n) is 3.25. The van der Waals surface area contributed by atoms with E-state index in [1.54, 1.807) is 7.11 Å². The van der Waals surface area contributed by atoms with Gasteiger partial charge in [0.25, 0.3) is 0 Å². The lowest BCUT2D eigenvalue weighted by molar-refractivity contribution is -0.203. The minimum absolute atomic E-state index is 0.0470. The topological polar surface area (TPSA) is 36.9 Å². The molecule has 0 aliphatic carbocycles. The van der Waals surface area contributed by atoms with E-state index in [0.29, 0.717) is 26.4 Å². The maximum atomic E-state index is 6.08. The number of halogens is 1. The zero-order valence-electron chi connectivity index (χ0n) is 11.9. The molecule has 1 fully saturated rings. The van der Waals surface area contributed by atoms with Gasteiger partial charge in [0, 0.05) is 24.6 Å². The molecule has 112 valence electrons. The molecule has 0 amide bonds. The van der Waals surface area contributed by atoms with Crippen LogP contribution in [0.1, 0.15) is 13.3 Å². The van der Waals surface area contributed by atoms with Crippen molar-refractivity contribution < 1.29 is 18.9 Å². The number of hydrogen-bond donors (Lipinski definition) is 0. The van der Waals surface area contributed by atoms with Gasteiger partial charge in [-0.15, -0.1) is 0 Å². The maximum Gasteiger partial charge on any atom is 0.119 e. The van der Waals surface area contributed by atoms with Gasteiger partial charge < -0.3 is 18.9 Å². The van der Waals surface area contributed by atoms with Gasteiger partial charge in [-0.3, -0.25) is 0 Å². The van der Waals surface area contributed by atoms with Gasteiger partial charge in [0.15, 0.2) is 0 Å². The lowest BCUT2D eigenvalue weighted by Gasteiger charge is -2.38. The number of rotatable bonds is 6. The van der Waals surface area contributed by atoms with Gasteiger partial charge in [0.05, 0.1) is 18.8 Å². The van der Waals surface area contributed by atoms with Gasteiger partial charge in [0.1, 0.15) is 18.5 Å². The SMILES string of the molecule is COCC[C@@]1(C)COCC(COc2ccc(Br)cc2)O1. The molecule has 20 heavy (non-hydrogen) atoms. The van der Waals surface area contributed by atoms with Crippen LogP contribution < -0.4 is 4.74 Å². The molecule has 1 aliphatic rings. The minimum Gasteiger partial charge on any atom is -0.491 e. The van der Waals surface area contributed by atoms with Gasteiger partial charge in [-0.2, -0.15) is 0 Å². The Morgan fingerprint density at radius 1 is 1.35 bits per heavy atom. The molecule has 0 aromatic heterocycles. The van der Waals surface area contributed by atoms with Crippen LogP contribution in [-0.4, -0.2) is 45.2 Å². The van der Waals surface area contributed by atoms with Crippen molar-refractivity contribution in [2.75, 3.05) is 33.5 Å². The van der Waals surface area contributed by atoms with Crippen LogP contribution in [0.25, 0.3) is 0 Å². The van der Waals surface area contributed by atoms with Crippen LogP contribution in [0, 0.1) is 0 Å². The first-order chi connectivity index (χ1) is 9.61. The van der Waals surface area contributed by atoms with Crippen molar-refractivity contribution in [3.05, 3.63) is 28.7 Å². The number of hydrogen-bond acceptors (Lipinski definition) is 4. The first kappa shape index (κ1) is 15.8. The van der Waals surface area contributed by atoms with E-state index in [1.165, 1.54) is 0 Å². The van der Waals surface area contributed by atoms with Gasteiger partial charge in [-0.1, -0.05) is 15.9 Å². The monoisotopic (exact) mass is 344 g/mol. The molecule has 0 bridgehead atoms. The number of benzene rings is 1. The molecule has 1 aromatic rings. The minimum atomic E-state index is -0.290. The van der Waals surface area contributed by atoms with Crippen molar-refractivity contribution in [1.82, 2.24) is 0 Å². The lowest BCUT2D eigenvalue weighted by atomic mass is 10.0. The molecule has 1 saturated heterocycles. The molecule has 0 spiro atoms. The van der Waals surface area contributed by atoms with Crippen LogP contribution >= 0.6 is 15.9 Å². The maximum absolute atomic E-state index is 6.08.